The minimum Gasteiger partial charge on any atom is -0.461 e. The molecule has 0 saturated heterocycles. The van der Waals surface area contributed by atoms with Crippen molar-refractivity contribution in [2.24, 2.45) is 0 Å². The van der Waals surface area contributed by atoms with Gasteiger partial charge in [-0.05, 0) is 134 Å². The topological polar surface area (TPSA) is 88.8 Å². The lowest BCUT2D eigenvalue weighted by atomic mass is 9.91. The van der Waals surface area contributed by atoms with Crippen molar-refractivity contribution in [3.8, 4) is 34.2 Å². The third-order valence-electron chi connectivity index (χ3n) is 11.7. The number of allylic oxidation sites excluding steroid dienone is 6. The van der Waals surface area contributed by atoms with Crippen LogP contribution in [0.4, 0.5) is 28.4 Å². The van der Waals surface area contributed by atoms with Crippen molar-refractivity contribution in [3.05, 3.63) is 230 Å². The smallest absolute Gasteiger partial charge is 0.247 e. The van der Waals surface area contributed by atoms with Gasteiger partial charge in [0, 0.05) is 69.7 Å². The number of aromatic nitrogens is 3. The lowest BCUT2D eigenvalue weighted by Crippen LogP contribution is -2.33. The highest BCUT2D eigenvalue weighted by molar-refractivity contribution is 5.78. The average Bonchev–Trinajstić information content (AvgIpc) is 4.05. The summed E-state index contributed by atoms with van der Waals surface area (Å²) in [6, 6.07) is 51.9. The monoisotopic (exact) mass is 834 g/mol. The van der Waals surface area contributed by atoms with Crippen molar-refractivity contribution in [1.29, 1.82) is 0 Å². The molecule has 1 aliphatic carbocycles. The number of pyridine rings is 2. The standard InChI is InChI=1S/C55H42N6O3/c1-3-40(14-9-33-55(2)59-49-17-11-35-57-54(49)64-55)60(41-12-5-4-6-13-41)42-25-19-37(20-26-42)38-21-27-43(28-22-38)61(45-31-32-47-46-15-7-8-18-50(46)62-51(47)36-45)44-29-23-39(24-30-44)52-58-48-16-10-34-56-53(48)63-52/h3-31,33-36,47,59H,1,32H2,2H3/b33-9+,40-14+. The highest BCUT2D eigenvalue weighted by atomic mass is 16.5. The fraction of sp³-hybridized carbons (Fsp3) is 0.0727. The second-order valence-electron chi connectivity index (χ2n) is 15.9. The Balaban J connectivity index is 0.882. The summed E-state index contributed by atoms with van der Waals surface area (Å²) in [5.41, 5.74) is 11.7. The van der Waals surface area contributed by atoms with Gasteiger partial charge in [0.25, 0.3) is 0 Å². The van der Waals surface area contributed by atoms with Crippen molar-refractivity contribution >= 4 is 39.7 Å². The van der Waals surface area contributed by atoms with Gasteiger partial charge in [0.1, 0.15) is 22.7 Å². The average molecular weight is 835 g/mol. The first-order valence-electron chi connectivity index (χ1n) is 21.3. The predicted molar refractivity (Wildman–Crippen MR) is 255 cm³/mol. The Morgan fingerprint density at radius 2 is 1.41 bits per heavy atom. The number of nitrogens with zero attached hydrogens (tertiary/aromatic N) is 5. The van der Waals surface area contributed by atoms with E-state index in [9.17, 15) is 0 Å². The molecule has 5 aromatic carbocycles. The van der Waals surface area contributed by atoms with Crippen LogP contribution in [-0.2, 0) is 0 Å². The molecule has 0 amide bonds. The Hall–Kier alpha value is -8.43. The molecule has 0 saturated carbocycles. The molecule has 64 heavy (non-hydrogen) atoms. The second-order valence-corrected chi connectivity index (χ2v) is 15.9. The van der Waals surface area contributed by atoms with Gasteiger partial charge >= 0.3 is 0 Å². The fourth-order valence-corrected chi connectivity index (χ4v) is 8.61. The molecule has 5 heterocycles. The highest BCUT2D eigenvalue weighted by Crippen LogP contribution is 2.47. The minimum atomic E-state index is -0.730. The maximum Gasteiger partial charge on any atom is 0.247 e. The van der Waals surface area contributed by atoms with Crippen LogP contribution in [0.3, 0.4) is 0 Å². The van der Waals surface area contributed by atoms with Crippen LogP contribution in [0.1, 0.15) is 24.8 Å². The van der Waals surface area contributed by atoms with E-state index < -0.39 is 5.72 Å². The Morgan fingerprint density at radius 3 is 2.14 bits per heavy atom. The zero-order valence-corrected chi connectivity index (χ0v) is 35.0. The largest absolute Gasteiger partial charge is 0.461 e. The number of hydrogen-bond donors (Lipinski definition) is 1. The molecular weight excluding hydrogens is 793 g/mol. The van der Waals surface area contributed by atoms with Crippen molar-refractivity contribution in [2.45, 2.75) is 25.0 Å². The maximum atomic E-state index is 6.42. The molecule has 2 aliphatic heterocycles. The summed E-state index contributed by atoms with van der Waals surface area (Å²) in [6.07, 6.45) is 16.7. The first-order valence-corrected chi connectivity index (χ1v) is 21.3. The number of oxazole rings is 1. The molecule has 1 N–H and O–H groups in total. The van der Waals surface area contributed by atoms with E-state index in [1.807, 2.05) is 98.0 Å². The third-order valence-corrected chi connectivity index (χ3v) is 11.7. The Kier molecular flexibility index (Phi) is 9.69. The van der Waals surface area contributed by atoms with E-state index >= 15 is 0 Å². The van der Waals surface area contributed by atoms with Gasteiger partial charge in [-0.15, -0.1) is 0 Å². The van der Waals surface area contributed by atoms with E-state index in [-0.39, 0.29) is 5.92 Å². The van der Waals surface area contributed by atoms with Crippen LogP contribution < -0.4 is 24.6 Å². The zero-order chi connectivity index (χ0) is 43.0. The third kappa shape index (κ3) is 7.28. The molecule has 9 nitrogen and oxygen atoms in total. The highest BCUT2D eigenvalue weighted by Gasteiger charge is 2.33. The summed E-state index contributed by atoms with van der Waals surface area (Å²) >= 11 is 0. The van der Waals surface area contributed by atoms with Gasteiger partial charge in [-0.1, -0.05) is 79.4 Å². The molecule has 3 aromatic heterocycles. The van der Waals surface area contributed by atoms with Crippen molar-refractivity contribution < 1.29 is 13.9 Å². The molecule has 11 rings (SSSR count). The normalized spacial score (nSPS) is 17.3. The Morgan fingerprint density at radius 1 is 0.734 bits per heavy atom. The van der Waals surface area contributed by atoms with Crippen LogP contribution in [0, 0.1) is 0 Å². The first-order chi connectivity index (χ1) is 31.5. The fourth-order valence-electron chi connectivity index (χ4n) is 8.61. The first kappa shape index (κ1) is 38.5. The van der Waals surface area contributed by atoms with Crippen LogP contribution in [-0.4, -0.2) is 20.7 Å². The summed E-state index contributed by atoms with van der Waals surface area (Å²) in [6.45, 7) is 6.18. The maximum absolute atomic E-state index is 6.42. The molecule has 0 bridgehead atoms. The lowest BCUT2D eigenvalue weighted by Gasteiger charge is -2.29. The van der Waals surface area contributed by atoms with Gasteiger partial charge in [0.15, 0.2) is 5.72 Å². The SMILES string of the molecule is C=C/C(=C\C=C\C1(C)Nc2cccnc2O1)N(c1ccccc1)c1ccc(-c2ccc(N(C3=CCC4C(=C3)Oc3ccccc34)c3ccc(-c4nc5cccnc5o4)cc3)cc2)cc1. The zero-order valence-electron chi connectivity index (χ0n) is 35.0. The number of hydrogen-bond acceptors (Lipinski definition) is 9. The number of ether oxygens (including phenoxy) is 2. The summed E-state index contributed by atoms with van der Waals surface area (Å²) in [4.78, 5) is 17.8. The number of benzene rings is 5. The van der Waals surface area contributed by atoms with Gasteiger partial charge in [0.05, 0.1) is 0 Å². The summed E-state index contributed by atoms with van der Waals surface area (Å²) in [5.74, 6) is 3.22. The van der Waals surface area contributed by atoms with Crippen molar-refractivity contribution in [2.75, 3.05) is 15.1 Å². The van der Waals surface area contributed by atoms with E-state index in [4.69, 9.17) is 13.9 Å². The van der Waals surface area contributed by atoms with E-state index in [2.05, 4.69) is 134 Å². The van der Waals surface area contributed by atoms with Crippen LogP contribution in [0.25, 0.3) is 33.8 Å². The van der Waals surface area contributed by atoms with Crippen LogP contribution in [0.2, 0.25) is 0 Å². The van der Waals surface area contributed by atoms with Gasteiger partial charge in [0.2, 0.25) is 17.5 Å². The number of fused-ring (bicyclic) bond motifs is 5. The van der Waals surface area contributed by atoms with Crippen molar-refractivity contribution in [1.82, 2.24) is 15.0 Å². The lowest BCUT2D eigenvalue weighted by molar-refractivity contribution is 0.186. The molecule has 0 spiro atoms. The summed E-state index contributed by atoms with van der Waals surface area (Å²) in [5, 5.41) is 3.41. The quantitative estimate of drug-likeness (QED) is 0.128. The molecule has 2 unspecified atom stereocenters. The summed E-state index contributed by atoms with van der Waals surface area (Å²) < 4.78 is 18.5. The molecule has 2 atom stereocenters. The van der Waals surface area contributed by atoms with Crippen molar-refractivity contribution in [3.63, 3.8) is 0 Å². The Labute approximate surface area is 371 Å². The van der Waals surface area contributed by atoms with Gasteiger partial charge in [-0.3, -0.25) is 0 Å². The van der Waals surface area contributed by atoms with Gasteiger partial charge < -0.3 is 29.0 Å². The van der Waals surface area contributed by atoms with E-state index in [0.717, 1.165) is 80.0 Å². The number of para-hydroxylation sites is 2. The molecule has 310 valence electrons. The number of nitrogens with one attached hydrogen (secondary N) is 1. The molecular formula is C55H42N6O3. The minimum absolute atomic E-state index is 0.207. The number of rotatable bonds is 11. The van der Waals surface area contributed by atoms with E-state index in [0.29, 0.717) is 17.5 Å². The number of anilines is 5. The van der Waals surface area contributed by atoms with E-state index in [1.165, 1.54) is 5.56 Å². The summed E-state index contributed by atoms with van der Waals surface area (Å²) in [7, 11) is 0. The molecule has 8 aromatic rings. The van der Waals surface area contributed by atoms with Gasteiger partial charge in [-0.2, -0.15) is 0 Å². The molecule has 3 aliphatic rings. The Bertz CT molecular complexity index is 3090. The second kappa shape index (κ2) is 16.1. The molecule has 0 radical (unpaired) electrons. The van der Waals surface area contributed by atoms with E-state index in [1.54, 1.807) is 12.4 Å². The predicted octanol–water partition coefficient (Wildman–Crippen LogP) is 13.4. The molecule has 9 heteroatoms. The van der Waals surface area contributed by atoms with Crippen LogP contribution in [0.15, 0.2) is 229 Å². The van der Waals surface area contributed by atoms with Gasteiger partial charge in [-0.25, -0.2) is 15.0 Å². The van der Waals surface area contributed by atoms with Crippen LogP contribution >= 0.6 is 0 Å². The molecule has 0 fully saturated rings. The van der Waals surface area contributed by atoms with Crippen LogP contribution in [0.5, 0.6) is 11.6 Å².